The van der Waals surface area contributed by atoms with Gasteiger partial charge in [-0.2, -0.15) is 0 Å². The van der Waals surface area contributed by atoms with Crippen LogP contribution in [-0.4, -0.2) is 7.11 Å². The van der Waals surface area contributed by atoms with Crippen molar-refractivity contribution in [3.8, 4) is 5.75 Å². The molecular weight excluding hydrogens is 262 g/mol. The minimum atomic E-state index is -0.262. The zero-order valence-electron chi connectivity index (χ0n) is 12.5. The molecule has 0 bridgehead atoms. The van der Waals surface area contributed by atoms with E-state index in [-0.39, 0.29) is 6.04 Å². The van der Waals surface area contributed by atoms with Gasteiger partial charge in [0.1, 0.15) is 17.1 Å². The SMILES string of the molecule is COc1ccc2cc(C(N)c3cc(C)cc(C)c3)oc2c1. The topological polar surface area (TPSA) is 48.4 Å². The third kappa shape index (κ3) is 2.65. The van der Waals surface area contributed by atoms with Crippen LogP contribution >= 0.6 is 0 Å². The first-order valence-electron chi connectivity index (χ1n) is 6.98. The van der Waals surface area contributed by atoms with Gasteiger partial charge in [0.25, 0.3) is 0 Å². The number of fused-ring (bicyclic) bond motifs is 1. The average Bonchev–Trinajstić information content (AvgIpc) is 2.88. The Morgan fingerprint density at radius 2 is 1.71 bits per heavy atom. The molecule has 0 amide bonds. The van der Waals surface area contributed by atoms with E-state index in [1.807, 2.05) is 24.3 Å². The normalized spacial score (nSPS) is 12.6. The van der Waals surface area contributed by atoms with Crippen LogP contribution in [0.3, 0.4) is 0 Å². The molecule has 1 unspecified atom stereocenters. The Balaban J connectivity index is 2.02. The molecule has 0 spiro atoms. The number of hydrogen-bond donors (Lipinski definition) is 1. The second-order valence-corrected chi connectivity index (χ2v) is 5.45. The van der Waals surface area contributed by atoms with Crippen molar-refractivity contribution in [3.63, 3.8) is 0 Å². The number of benzene rings is 2. The van der Waals surface area contributed by atoms with E-state index in [0.717, 1.165) is 28.0 Å². The number of ether oxygens (including phenoxy) is 1. The maximum Gasteiger partial charge on any atom is 0.138 e. The Morgan fingerprint density at radius 1 is 1.00 bits per heavy atom. The molecule has 1 aromatic heterocycles. The van der Waals surface area contributed by atoms with E-state index in [0.29, 0.717) is 0 Å². The highest BCUT2D eigenvalue weighted by atomic mass is 16.5. The van der Waals surface area contributed by atoms with E-state index < -0.39 is 0 Å². The van der Waals surface area contributed by atoms with E-state index in [4.69, 9.17) is 14.9 Å². The number of rotatable bonds is 3. The van der Waals surface area contributed by atoms with Crippen molar-refractivity contribution >= 4 is 11.0 Å². The molecule has 3 rings (SSSR count). The monoisotopic (exact) mass is 281 g/mol. The van der Waals surface area contributed by atoms with Crippen molar-refractivity contribution in [3.05, 3.63) is 64.9 Å². The Morgan fingerprint density at radius 3 is 2.38 bits per heavy atom. The van der Waals surface area contributed by atoms with Crippen molar-refractivity contribution in [1.82, 2.24) is 0 Å². The van der Waals surface area contributed by atoms with Crippen LogP contribution in [0, 0.1) is 13.8 Å². The summed E-state index contributed by atoms with van der Waals surface area (Å²) in [5, 5.41) is 1.03. The lowest BCUT2D eigenvalue weighted by atomic mass is 10.0. The second kappa shape index (κ2) is 5.26. The van der Waals surface area contributed by atoms with E-state index in [1.54, 1.807) is 7.11 Å². The van der Waals surface area contributed by atoms with Crippen LogP contribution in [0.4, 0.5) is 0 Å². The zero-order valence-corrected chi connectivity index (χ0v) is 12.5. The lowest BCUT2D eigenvalue weighted by molar-refractivity contribution is 0.414. The molecule has 3 heteroatoms. The minimum absolute atomic E-state index is 0.262. The smallest absolute Gasteiger partial charge is 0.138 e. The van der Waals surface area contributed by atoms with Gasteiger partial charge < -0.3 is 14.9 Å². The summed E-state index contributed by atoms with van der Waals surface area (Å²) in [6.45, 7) is 4.15. The molecule has 0 aliphatic rings. The molecule has 1 atom stereocenters. The van der Waals surface area contributed by atoms with Crippen LogP contribution in [0.2, 0.25) is 0 Å². The number of nitrogens with two attached hydrogens (primary N) is 1. The van der Waals surface area contributed by atoms with Crippen molar-refractivity contribution in [2.75, 3.05) is 7.11 Å². The largest absolute Gasteiger partial charge is 0.497 e. The zero-order chi connectivity index (χ0) is 15.0. The molecule has 21 heavy (non-hydrogen) atoms. The van der Waals surface area contributed by atoms with Gasteiger partial charge in [0.15, 0.2) is 0 Å². The maximum atomic E-state index is 6.36. The minimum Gasteiger partial charge on any atom is -0.497 e. The third-order valence-corrected chi connectivity index (χ3v) is 3.66. The fraction of sp³-hybridized carbons (Fsp3) is 0.222. The number of methoxy groups -OCH3 is 1. The quantitative estimate of drug-likeness (QED) is 0.786. The first kappa shape index (κ1) is 13.7. The predicted molar refractivity (Wildman–Crippen MR) is 84.7 cm³/mol. The molecule has 0 radical (unpaired) electrons. The summed E-state index contributed by atoms with van der Waals surface area (Å²) in [6.07, 6.45) is 0. The number of aryl methyl sites for hydroxylation is 2. The van der Waals surface area contributed by atoms with Crippen LogP contribution in [0.25, 0.3) is 11.0 Å². The molecule has 2 aromatic carbocycles. The summed E-state index contributed by atoms with van der Waals surface area (Å²) >= 11 is 0. The molecule has 0 saturated heterocycles. The molecule has 1 heterocycles. The fourth-order valence-corrected chi connectivity index (χ4v) is 2.67. The van der Waals surface area contributed by atoms with Gasteiger partial charge in [0, 0.05) is 11.5 Å². The van der Waals surface area contributed by atoms with Crippen molar-refractivity contribution in [2.24, 2.45) is 5.73 Å². The highest BCUT2D eigenvalue weighted by molar-refractivity contribution is 5.79. The van der Waals surface area contributed by atoms with Gasteiger partial charge in [-0.25, -0.2) is 0 Å². The van der Waals surface area contributed by atoms with Crippen LogP contribution in [-0.2, 0) is 0 Å². The lowest BCUT2D eigenvalue weighted by Crippen LogP contribution is -2.11. The van der Waals surface area contributed by atoms with Gasteiger partial charge in [-0.1, -0.05) is 29.3 Å². The Hall–Kier alpha value is -2.26. The number of hydrogen-bond acceptors (Lipinski definition) is 3. The molecule has 2 N–H and O–H groups in total. The highest BCUT2D eigenvalue weighted by Crippen LogP contribution is 2.29. The highest BCUT2D eigenvalue weighted by Gasteiger charge is 2.15. The first-order valence-corrected chi connectivity index (χ1v) is 6.98. The van der Waals surface area contributed by atoms with E-state index in [2.05, 4.69) is 32.0 Å². The Labute approximate surface area is 124 Å². The second-order valence-electron chi connectivity index (χ2n) is 5.45. The van der Waals surface area contributed by atoms with E-state index in [9.17, 15) is 0 Å². The molecule has 3 nitrogen and oxygen atoms in total. The van der Waals surface area contributed by atoms with Gasteiger partial charge in [-0.15, -0.1) is 0 Å². The van der Waals surface area contributed by atoms with Crippen molar-refractivity contribution in [1.29, 1.82) is 0 Å². The van der Waals surface area contributed by atoms with E-state index >= 15 is 0 Å². The maximum absolute atomic E-state index is 6.36. The van der Waals surface area contributed by atoms with Gasteiger partial charge >= 0.3 is 0 Å². The van der Waals surface area contributed by atoms with Crippen molar-refractivity contribution < 1.29 is 9.15 Å². The first-order chi connectivity index (χ1) is 10.1. The summed E-state index contributed by atoms with van der Waals surface area (Å²) in [6, 6.07) is 13.9. The summed E-state index contributed by atoms with van der Waals surface area (Å²) in [4.78, 5) is 0. The third-order valence-electron chi connectivity index (χ3n) is 3.66. The standard InChI is InChI=1S/C18H19NO2/c1-11-6-12(2)8-14(7-11)18(19)17-9-13-4-5-15(20-3)10-16(13)21-17/h4-10,18H,19H2,1-3H3. The van der Waals surface area contributed by atoms with Crippen LogP contribution in [0.5, 0.6) is 5.75 Å². The molecular formula is C18H19NO2. The molecule has 0 aliphatic carbocycles. The lowest BCUT2D eigenvalue weighted by Gasteiger charge is -2.11. The summed E-state index contributed by atoms with van der Waals surface area (Å²) in [7, 11) is 1.65. The molecule has 0 saturated carbocycles. The van der Waals surface area contributed by atoms with Crippen LogP contribution < -0.4 is 10.5 Å². The van der Waals surface area contributed by atoms with Gasteiger partial charge in [-0.3, -0.25) is 0 Å². The molecule has 0 aliphatic heterocycles. The summed E-state index contributed by atoms with van der Waals surface area (Å²) < 4.78 is 11.1. The summed E-state index contributed by atoms with van der Waals surface area (Å²) in [5.74, 6) is 1.55. The Kier molecular flexibility index (Phi) is 3.43. The van der Waals surface area contributed by atoms with E-state index in [1.165, 1.54) is 11.1 Å². The molecule has 3 aromatic rings. The molecule has 0 fully saturated rings. The van der Waals surface area contributed by atoms with Crippen LogP contribution in [0.1, 0.15) is 28.5 Å². The van der Waals surface area contributed by atoms with Gasteiger partial charge in [0.2, 0.25) is 0 Å². The Bertz CT molecular complexity index is 769. The molecule has 108 valence electrons. The van der Waals surface area contributed by atoms with Crippen molar-refractivity contribution in [2.45, 2.75) is 19.9 Å². The number of furan rings is 1. The van der Waals surface area contributed by atoms with Crippen LogP contribution in [0.15, 0.2) is 46.9 Å². The fourth-order valence-electron chi connectivity index (χ4n) is 2.67. The average molecular weight is 281 g/mol. The van der Waals surface area contributed by atoms with Gasteiger partial charge in [-0.05, 0) is 37.6 Å². The summed E-state index contributed by atoms with van der Waals surface area (Å²) in [5.41, 5.74) is 10.6. The predicted octanol–water partition coefficient (Wildman–Crippen LogP) is 4.11. The van der Waals surface area contributed by atoms with Gasteiger partial charge in [0.05, 0.1) is 13.2 Å².